The van der Waals surface area contributed by atoms with Crippen LogP contribution in [0.15, 0.2) is 23.0 Å². The van der Waals surface area contributed by atoms with E-state index < -0.39 is 28.4 Å². The lowest BCUT2D eigenvalue weighted by molar-refractivity contribution is -0.376. The Balaban J connectivity index is 2.72. The van der Waals surface area contributed by atoms with Crippen LogP contribution in [0.2, 0.25) is 0 Å². The van der Waals surface area contributed by atoms with Crippen LogP contribution in [0.25, 0.3) is 10.2 Å². The minimum absolute atomic E-state index is 0.0930. The van der Waals surface area contributed by atoms with E-state index in [0.29, 0.717) is 23.5 Å². The molecule has 0 aliphatic heterocycles. The number of fused-ring (bicyclic) bond motifs is 1. The van der Waals surface area contributed by atoms with Crippen molar-refractivity contribution in [1.29, 1.82) is 0 Å². The molecule has 1 aromatic heterocycles. The molecule has 0 aliphatic carbocycles. The Morgan fingerprint density at radius 3 is 2.10 bits per heavy atom. The van der Waals surface area contributed by atoms with E-state index >= 15 is 0 Å². The van der Waals surface area contributed by atoms with Crippen molar-refractivity contribution in [2.75, 3.05) is 0 Å². The number of rotatable bonds is 1. The van der Waals surface area contributed by atoms with Crippen LogP contribution in [0.3, 0.4) is 0 Å². The Bertz CT molecular complexity index is 684. The Morgan fingerprint density at radius 1 is 1.05 bits per heavy atom. The van der Waals surface area contributed by atoms with Crippen LogP contribution < -0.4 is 4.87 Å². The van der Waals surface area contributed by atoms with E-state index in [1.807, 2.05) is 0 Å². The smallest absolute Gasteiger partial charge is 0.369 e. The molecule has 0 spiro atoms. The molecule has 0 radical (unpaired) electrons. The molecule has 1 heterocycles. The molecular formula is C10H5F6NO2S. The first-order chi connectivity index (χ1) is 8.97. The molecule has 2 N–H and O–H groups in total. The molecular weight excluding hydrogens is 312 g/mol. The number of hydrogen-bond acceptors (Lipinski definition) is 3. The number of aromatic nitrogens is 1. The molecule has 3 nitrogen and oxygen atoms in total. The quantitative estimate of drug-likeness (QED) is 0.795. The third-order valence-corrected chi connectivity index (χ3v) is 3.50. The van der Waals surface area contributed by atoms with E-state index in [1.165, 1.54) is 0 Å². The van der Waals surface area contributed by atoms with Gasteiger partial charge in [0.25, 0.3) is 5.60 Å². The normalized spacial score (nSPS) is 13.9. The fourth-order valence-corrected chi connectivity index (χ4v) is 2.43. The second-order valence-electron chi connectivity index (χ2n) is 3.93. The minimum atomic E-state index is -5.94. The van der Waals surface area contributed by atoms with Gasteiger partial charge in [0.1, 0.15) is 0 Å². The van der Waals surface area contributed by atoms with Gasteiger partial charge in [-0.25, -0.2) is 0 Å². The molecule has 2 rings (SSSR count). The van der Waals surface area contributed by atoms with Crippen molar-refractivity contribution in [1.82, 2.24) is 4.98 Å². The maximum atomic E-state index is 12.7. The summed E-state index contributed by atoms with van der Waals surface area (Å²) in [6.45, 7) is 0. The summed E-state index contributed by atoms with van der Waals surface area (Å²) in [6.07, 6.45) is -11.9. The van der Waals surface area contributed by atoms with Crippen LogP contribution in [0.1, 0.15) is 5.56 Å². The molecule has 0 atom stereocenters. The van der Waals surface area contributed by atoms with Crippen LogP contribution in [-0.4, -0.2) is 22.4 Å². The van der Waals surface area contributed by atoms with Gasteiger partial charge in [-0.1, -0.05) is 17.4 Å². The summed E-state index contributed by atoms with van der Waals surface area (Å²) in [5.41, 5.74) is -6.28. The Labute approximate surface area is 110 Å². The maximum absolute atomic E-state index is 12.7. The predicted molar refractivity (Wildman–Crippen MR) is 58.5 cm³/mol. The zero-order valence-corrected chi connectivity index (χ0v) is 10.1. The van der Waals surface area contributed by atoms with Crippen molar-refractivity contribution in [3.05, 3.63) is 33.4 Å². The zero-order chi connectivity index (χ0) is 15.3. The van der Waals surface area contributed by atoms with E-state index in [0.717, 1.165) is 6.07 Å². The van der Waals surface area contributed by atoms with Gasteiger partial charge in [-0.2, -0.15) is 26.3 Å². The van der Waals surface area contributed by atoms with Crippen LogP contribution in [0, 0.1) is 0 Å². The molecule has 0 saturated heterocycles. The van der Waals surface area contributed by atoms with E-state index in [-0.39, 0.29) is 10.2 Å². The van der Waals surface area contributed by atoms with E-state index in [2.05, 4.69) is 4.98 Å². The number of thiazole rings is 1. The van der Waals surface area contributed by atoms with Crippen molar-refractivity contribution in [3.8, 4) is 0 Å². The fraction of sp³-hybridized carbons (Fsp3) is 0.300. The number of aromatic amines is 1. The van der Waals surface area contributed by atoms with Gasteiger partial charge >= 0.3 is 17.2 Å². The van der Waals surface area contributed by atoms with Gasteiger partial charge < -0.3 is 10.1 Å². The third-order valence-electron chi connectivity index (χ3n) is 2.66. The highest BCUT2D eigenvalue weighted by molar-refractivity contribution is 7.16. The average molecular weight is 317 g/mol. The van der Waals surface area contributed by atoms with Gasteiger partial charge in [-0.3, -0.25) is 4.79 Å². The lowest BCUT2D eigenvalue weighted by atomic mass is 9.92. The number of halogens is 6. The maximum Gasteiger partial charge on any atom is 0.430 e. The number of hydrogen-bond donors (Lipinski definition) is 2. The first-order valence-electron chi connectivity index (χ1n) is 4.96. The van der Waals surface area contributed by atoms with Crippen molar-refractivity contribution >= 4 is 21.6 Å². The molecule has 0 amide bonds. The minimum Gasteiger partial charge on any atom is -0.369 e. The van der Waals surface area contributed by atoms with Gasteiger partial charge in [0.2, 0.25) is 0 Å². The van der Waals surface area contributed by atoms with Gasteiger partial charge in [0.05, 0.1) is 10.2 Å². The largest absolute Gasteiger partial charge is 0.430 e. The van der Waals surface area contributed by atoms with Crippen molar-refractivity contribution < 1.29 is 31.4 Å². The lowest BCUT2D eigenvalue weighted by Crippen LogP contribution is -2.53. The molecule has 0 unspecified atom stereocenters. The highest BCUT2D eigenvalue weighted by atomic mass is 32.1. The van der Waals surface area contributed by atoms with E-state index in [9.17, 15) is 36.2 Å². The van der Waals surface area contributed by atoms with E-state index in [1.54, 1.807) is 0 Å². The molecule has 10 heteroatoms. The molecule has 0 bridgehead atoms. The van der Waals surface area contributed by atoms with Gasteiger partial charge in [-0.15, -0.1) is 0 Å². The van der Waals surface area contributed by atoms with Crippen molar-refractivity contribution in [2.24, 2.45) is 0 Å². The first kappa shape index (κ1) is 14.9. The molecule has 2 aromatic rings. The summed E-state index contributed by atoms with van der Waals surface area (Å²) in [5, 5.41) is 9.19. The number of aliphatic hydroxyl groups is 1. The molecule has 0 fully saturated rings. The first-order valence-corrected chi connectivity index (χ1v) is 5.77. The number of alkyl halides is 6. The van der Waals surface area contributed by atoms with Gasteiger partial charge in [0.15, 0.2) is 0 Å². The Morgan fingerprint density at radius 2 is 1.60 bits per heavy atom. The predicted octanol–water partition coefficient (Wildman–Crippen LogP) is 2.90. The summed E-state index contributed by atoms with van der Waals surface area (Å²) >= 11 is 0.447. The van der Waals surface area contributed by atoms with Gasteiger partial charge in [0, 0.05) is 5.56 Å². The topological polar surface area (TPSA) is 53.1 Å². The highest BCUT2D eigenvalue weighted by Crippen LogP contribution is 2.50. The Hall–Kier alpha value is -1.55. The molecule has 1 aromatic carbocycles. The second kappa shape index (κ2) is 4.22. The summed E-state index contributed by atoms with van der Waals surface area (Å²) in [6, 6.07) is 1.86. The van der Waals surface area contributed by atoms with Gasteiger partial charge in [-0.05, 0) is 12.1 Å². The van der Waals surface area contributed by atoms with E-state index in [4.69, 9.17) is 0 Å². The van der Waals surface area contributed by atoms with Crippen LogP contribution in [-0.2, 0) is 5.60 Å². The number of benzene rings is 1. The third kappa shape index (κ3) is 2.08. The monoisotopic (exact) mass is 317 g/mol. The lowest BCUT2D eigenvalue weighted by Gasteiger charge is -2.32. The Kier molecular flexibility index (Phi) is 3.13. The molecule has 0 saturated carbocycles. The fourth-order valence-electron chi connectivity index (χ4n) is 1.66. The SMILES string of the molecule is O=c1[nH]c2ccc(C(O)(C(F)(F)F)C(F)(F)F)cc2s1. The molecule has 110 valence electrons. The van der Waals surface area contributed by atoms with Crippen LogP contribution >= 0.6 is 11.3 Å². The van der Waals surface area contributed by atoms with Crippen LogP contribution in [0.5, 0.6) is 0 Å². The van der Waals surface area contributed by atoms with Crippen molar-refractivity contribution in [3.63, 3.8) is 0 Å². The molecule has 20 heavy (non-hydrogen) atoms. The second-order valence-corrected chi connectivity index (χ2v) is 4.95. The number of nitrogens with one attached hydrogen (secondary N) is 1. The zero-order valence-electron chi connectivity index (χ0n) is 9.26. The summed E-state index contributed by atoms with van der Waals surface area (Å²) in [7, 11) is 0. The highest BCUT2D eigenvalue weighted by Gasteiger charge is 2.71. The summed E-state index contributed by atoms with van der Waals surface area (Å²) < 4.78 is 75.8. The summed E-state index contributed by atoms with van der Waals surface area (Å²) in [5.74, 6) is 0. The number of H-pyrrole nitrogens is 1. The standard InChI is InChI=1S/C10H5F6NO2S/c11-9(12,13)8(19,10(14,15)16)4-1-2-5-6(3-4)20-7(18)17-5/h1-3,19H,(H,17,18). The average Bonchev–Trinajstić information content (AvgIpc) is 2.63. The molecule has 0 aliphatic rings. The summed E-state index contributed by atoms with van der Waals surface area (Å²) in [4.78, 5) is 12.6. The van der Waals surface area contributed by atoms with Crippen LogP contribution in [0.4, 0.5) is 26.3 Å². The van der Waals surface area contributed by atoms with Crippen molar-refractivity contribution in [2.45, 2.75) is 18.0 Å².